The van der Waals surface area contributed by atoms with Crippen LogP contribution in [0.5, 0.6) is 5.75 Å². The van der Waals surface area contributed by atoms with Crippen molar-refractivity contribution < 1.29 is 14.3 Å². The van der Waals surface area contributed by atoms with Crippen molar-refractivity contribution in [2.75, 3.05) is 13.7 Å². The number of rotatable bonds is 7. The Bertz CT molecular complexity index is 506. The SMILES string of the molecule is CCC(C)C(=O)NCC(=O)NCc1cc(Br)ccc1OC. The second kappa shape index (κ2) is 8.67. The first-order chi connectivity index (χ1) is 9.97. The van der Waals surface area contributed by atoms with E-state index >= 15 is 0 Å². The van der Waals surface area contributed by atoms with E-state index in [1.54, 1.807) is 7.11 Å². The van der Waals surface area contributed by atoms with E-state index in [0.717, 1.165) is 16.5 Å². The van der Waals surface area contributed by atoms with E-state index in [1.807, 2.05) is 32.0 Å². The van der Waals surface area contributed by atoms with Gasteiger partial charge in [-0.25, -0.2) is 0 Å². The minimum Gasteiger partial charge on any atom is -0.496 e. The molecule has 1 unspecified atom stereocenters. The summed E-state index contributed by atoms with van der Waals surface area (Å²) in [6, 6.07) is 5.59. The van der Waals surface area contributed by atoms with Gasteiger partial charge in [-0.1, -0.05) is 29.8 Å². The Morgan fingerprint density at radius 1 is 1.33 bits per heavy atom. The zero-order valence-corrected chi connectivity index (χ0v) is 14.1. The van der Waals surface area contributed by atoms with Crippen LogP contribution in [-0.4, -0.2) is 25.5 Å². The largest absolute Gasteiger partial charge is 0.496 e. The van der Waals surface area contributed by atoms with Crippen molar-refractivity contribution in [1.82, 2.24) is 10.6 Å². The average Bonchev–Trinajstić information content (AvgIpc) is 2.49. The molecule has 1 atom stereocenters. The Kier molecular flexibility index (Phi) is 7.22. The highest BCUT2D eigenvalue weighted by atomic mass is 79.9. The van der Waals surface area contributed by atoms with Gasteiger partial charge in [0.1, 0.15) is 5.75 Å². The minimum atomic E-state index is -0.228. The van der Waals surface area contributed by atoms with Gasteiger partial charge in [-0.3, -0.25) is 9.59 Å². The lowest BCUT2D eigenvalue weighted by atomic mass is 10.1. The topological polar surface area (TPSA) is 67.4 Å². The summed E-state index contributed by atoms with van der Waals surface area (Å²) in [4.78, 5) is 23.3. The van der Waals surface area contributed by atoms with E-state index in [4.69, 9.17) is 4.74 Å². The number of carbonyl (C=O) groups is 2. The van der Waals surface area contributed by atoms with Crippen molar-refractivity contribution in [1.29, 1.82) is 0 Å². The van der Waals surface area contributed by atoms with E-state index in [1.165, 1.54) is 0 Å². The van der Waals surface area contributed by atoms with Crippen LogP contribution in [0.1, 0.15) is 25.8 Å². The van der Waals surface area contributed by atoms with Crippen LogP contribution in [0.15, 0.2) is 22.7 Å². The fraction of sp³-hybridized carbons (Fsp3) is 0.467. The molecule has 0 radical (unpaired) electrons. The molecule has 0 aliphatic carbocycles. The molecule has 21 heavy (non-hydrogen) atoms. The summed E-state index contributed by atoms with van der Waals surface area (Å²) in [5.74, 6) is 0.298. The van der Waals surface area contributed by atoms with Gasteiger partial charge in [0, 0.05) is 22.5 Å². The lowest BCUT2D eigenvalue weighted by Gasteiger charge is -2.12. The number of hydrogen-bond acceptors (Lipinski definition) is 3. The molecule has 2 amide bonds. The summed E-state index contributed by atoms with van der Waals surface area (Å²) in [7, 11) is 1.58. The predicted octanol–water partition coefficient (Wildman–Crippen LogP) is 2.24. The number of benzene rings is 1. The van der Waals surface area contributed by atoms with Crippen molar-refractivity contribution in [3.8, 4) is 5.75 Å². The van der Waals surface area contributed by atoms with Crippen LogP contribution in [-0.2, 0) is 16.1 Å². The van der Waals surface area contributed by atoms with Gasteiger partial charge in [-0.05, 0) is 24.6 Å². The van der Waals surface area contributed by atoms with Crippen LogP contribution in [0.25, 0.3) is 0 Å². The van der Waals surface area contributed by atoms with Crippen LogP contribution in [0, 0.1) is 5.92 Å². The van der Waals surface area contributed by atoms with Crippen LogP contribution < -0.4 is 15.4 Å². The Labute approximate surface area is 133 Å². The monoisotopic (exact) mass is 356 g/mol. The number of methoxy groups -OCH3 is 1. The van der Waals surface area contributed by atoms with Gasteiger partial charge >= 0.3 is 0 Å². The highest BCUT2D eigenvalue weighted by Crippen LogP contribution is 2.22. The highest BCUT2D eigenvalue weighted by Gasteiger charge is 2.12. The normalized spacial score (nSPS) is 11.6. The lowest BCUT2D eigenvalue weighted by Crippen LogP contribution is -2.38. The van der Waals surface area contributed by atoms with Gasteiger partial charge in [-0.2, -0.15) is 0 Å². The van der Waals surface area contributed by atoms with E-state index in [0.29, 0.717) is 12.3 Å². The van der Waals surface area contributed by atoms with Crippen LogP contribution in [0.4, 0.5) is 0 Å². The summed E-state index contributed by atoms with van der Waals surface area (Å²) in [6.45, 7) is 4.10. The van der Waals surface area contributed by atoms with Crippen molar-refractivity contribution in [2.24, 2.45) is 5.92 Å². The highest BCUT2D eigenvalue weighted by molar-refractivity contribution is 9.10. The number of nitrogens with one attached hydrogen (secondary N) is 2. The smallest absolute Gasteiger partial charge is 0.239 e. The van der Waals surface area contributed by atoms with Gasteiger partial charge in [0.2, 0.25) is 11.8 Å². The van der Waals surface area contributed by atoms with Crippen LogP contribution in [0.2, 0.25) is 0 Å². The molecule has 0 aliphatic rings. The third kappa shape index (κ3) is 5.75. The molecule has 1 aromatic rings. The fourth-order valence-electron chi connectivity index (χ4n) is 1.67. The molecule has 0 saturated heterocycles. The minimum absolute atomic E-state index is 0.0144. The number of halogens is 1. The number of carbonyl (C=O) groups excluding carboxylic acids is 2. The molecule has 0 bridgehead atoms. The maximum Gasteiger partial charge on any atom is 0.239 e. The average molecular weight is 357 g/mol. The van der Waals surface area contributed by atoms with Gasteiger partial charge in [0.05, 0.1) is 13.7 Å². The number of ether oxygens (including phenoxy) is 1. The zero-order chi connectivity index (χ0) is 15.8. The summed E-state index contributed by atoms with van der Waals surface area (Å²) in [6.07, 6.45) is 0.753. The maximum absolute atomic E-state index is 11.7. The molecule has 2 N–H and O–H groups in total. The quantitative estimate of drug-likeness (QED) is 0.787. The van der Waals surface area contributed by atoms with Crippen molar-refractivity contribution in [2.45, 2.75) is 26.8 Å². The third-order valence-electron chi connectivity index (χ3n) is 3.20. The zero-order valence-electron chi connectivity index (χ0n) is 12.5. The lowest BCUT2D eigenvalue weighted by molar-refractivity contribution is -0.128. The second-order valence-corrected chi connectivity index (χ2v) is 5.68. The summed E-state index contributed by atoms with van der Waals surface area (Å²) < 4.78 is 6.15. The van der Waals surface area contributed by atoms with Crippen molar-refractivity contribution >= 4 is 27.7 Å². The first kappa shape index (κ1) is 17.5. The molecule has 0 fully saturated rings. The molecule has 0 heterocycles. The molecule has 6 heteroatoms. The standard InChI is InChI=1S/C15H21BrN2O3/c1-4-10(2)15(20)18-9-14(19)17-8-11-7-12(16)5-6-13(11)21-3/h5-7,10H,4,8-9H2,1-3H3,(H,17,19)(H,18,20). The van der Waals surface area contributed by atoms with E-state index in [9.17, 15) is 9.59 Å². The molecule has 5 nitrogen and oxygen atoms in total. The van der Waals surface area contributed by atoms with Crippen LogP contribution in [0.3, 0.4) is 0 Å². The molecule has 116 valence electrons. The first-order valence-electron chi connectivity index (χ1n) is 6.84. The van der Waals surface area contributed by atoms with Gasteiger partial charge in [0.15, 0.2) is 0 Å². The fourth-order valence-corrected chi connectivity index (χ4v) is 2.08. The summed E-state index contributed by atoms with van der Waals surface area (Å²) in [5.41, 5.74) is 0.869. The molecule has 1 aromatic carbocycles. The number of hydrogen-bond donors (Lipinski definition) is 2. The van der Waals surface area contributed by atoms with Gasteiger partial charge in [0.25, 0.3) is 0 Å². The molecular formula is C15H21BrN2O3. The molecule has 0 spiro atoms. The van der Waals surface area contributed by atoms with Gasteiger partial charge in [-0.15, -0.1) is 0 Å². The van der Waals surface area contributed by atoms with Crippen molar-refractivity contribution in [3.05, 3.63) is 28.2 Å². The molecular weight excluding hydrogens is 336 g/mol. The third-order valence-corrected chi connectivity index (χ3v) is 3.69. The summed E-state index contributed by atoms with van der Waals surface area (Å²) in [5, 5.41) is 5.38. The second-order valence-electron chi connectivity index (χ2n) is 4.76. The predicted molar refractivity (Wildman–Crippen MR) is 85.0 cm³/mol. The van der Waals surface area contributed by atoms with E-state index in [2.05, 4.69) is 26.6 Å². The molecule has 0 aliphatic heterocycles. The Morgan fingerprint density at radius 2 is 2.05 bits per heavy atom. The molecule has 0 saturated carbocycles. The summed E-state index contributed by atoms with van der Waals surface area (Å²) >= 11 is 3.38. The molecule has 1 rings (SSSR count). The number of amides is 2. The maximum atomic E-state index is 11.7. The van der Waals surface area contributed by atoms with Gasteiger partial charge < -0.3 is 15.4 Å². The van der Waals surface area contributed by atoms with E-state index in [-0.39, 0.29) is 24.3 Å². The molecule has 0 aromatic heterocycles. The first-order valence-corrected chi connectivity index (χ1v) is 7.64. The Morgan fingerprint density at radius 3 is 2.67 bits per heavy atom. The van der Waals surface area contributed by atoms with E-state index < -0.39 is 0 Å². The van der Waals surface area contributed by atoms with Crippen molar-refractivity contribution in [3.63, 3.8) is 0 Å². The van der Waals surface area contributed by atoms with Crippen LogP contribution >= 0.6 is 15.9 Å². The Balaban J connectivity index is 2.46. The Hall–Kier alpha value is -1.56.